The van der Waals surface area contributed by atoms with Gasteiger partial charge in [0.05, 0.1) is 16.6 Å². The van der Waals surface area contributed by atoms with E-state index in [4.69, 9.17) is 0 Å². The summed E-state index contributed by atoms with van der Waals surface area (Å²) in [4.78, 5) is 0. The Bertz CT molecular complexity index is 622. The van der Waals surface area contributed by atoms with Gasteiger partial charge in [-0.2, -0.15) is 0 Å². The molecule has 1 aromatic rings. The predicted molar refractivity (Wildman–Crippen MR) is 81.2 cm³/mol. The number of benzene rings is 1. The molecule has 124 valence electrons. The summed E-state index contributed by atoms with van der Waals surface area (Å²) in [7, 11) is -3.73. The molecule has 1 unspecified atom stereocenters. The van der Waals surface area contributed by atoms with Crippen molar-refractivity contribution in [1.29, 1.82) is 0 Å². The summed E-state index contributed by atoms with van der Waals surface area (Å²) < 4.78 is 52.2. The van der Waals surface area contributed by atoms with E-state index in [0.717, 1.165) is 25.3 Å². The summed E-state index contributed by atoms with van der Waals surface area (Å²) >= 11 is 0. The Morgan fingerprint density at radius 2 is 1.86 bits per heavy atom. The fraction of sp³-hybridized carbons (Fsp3) is 0.625. The molecule has 1 aliphatic rings. The van der Waals surface area contributed by atoms with Crippen molar-refractivity contribution in [2.24, 2.45) is 0 Å². The van der Waals surface area contributed by atoms with E-state index in [1.54, 1.807) is 6.92 Å². The largest absolute Gasteiger partial charge is 0.389 e. The molecule has 6 heteroatoms. The Labute approximate surface area is 130 Å². The highest BCUT2D eigenvalue weighted by molar-refractivity contribution is 7.91. The predicted octanol–water partition coefficient (Wildman–Crippen LogP) is 3.53. The second-order valence-electron chi connectivity index (χ2n) is 6.15. The first kappa shape index (κ1) is 17.3. The molecule has 0 saturated heterocycles. The third-order valence-electron chi connectivity index (χ3n) is 4.37. The molecule has 0 heterocycles. The molecular weight excluding hydrogens is 310 g/mol. The molecule has 1 aromatic carbocycles. The van der Waals surface area contributed by atoms with Crippen LogP contribution < -0.4 is 0 Å². The molecule has 0 aromatic heterocycles. The van der Waals surface area contributed by atoms with Crippen LogP contribution in [-0.2, 0) is 9.84 Å². The molecule has 0 radical (unpaired) electrons. The molecule has 1 atom stereocenters. The molecule has 0 amide bonds. The molecule has 0 spiro atoms. The third-order valence-corrected chi connectivity index (χ3v) is 6.76. The van der Waals surface area contributed by atoms with Gasteiger partial charge in [0.15, 0.2) is 9.84 Å². The van der Waals surface area contributed by atoms with Crippen LogP contribution in [-0.4, -0.2) is 24.9 Å². The third kappa shape index (κ3) is 3.84. The molecule has 1 saturated carbocycles. The second kappa shape index (κ2) is 6.62. The van der Waals surface area contributed by atoms with Gasteiger partial charge in [0.25, 0.3) is 0 Å². The van der Waals surface area contributed by atoms with Crippen LogP contribution in [0.1, 0.15) is 56.3 Å². The van der Waals surface area contributed by atoms with Gasteiger partial charge in [-0.05, 0) is 25.3 Å². The van der Waals surface area contributed by atoms with Gasteiger partial charge >= 0.3 is 0 Å². The van der Waals surface area contributed by atoms with Gasteiger partial charge in [-0.15, -0.1) is 0 Å². The lowest BCUT2D eigenvalue weighted by molar-refractivity contribution is 0.0255. The summed E-state index contributed by atoms with van der Waals surface area (Å²) in [5, 5.41) is 9.42. The SMILES string of the molecule is CCC(c1ccc(F)cc1F)S(=O)(=O)CC1(O)CCCCC1. The summed E-state index contributed by atoms with van der Waals surface area (Å²) in [6.07, 6.45) is 3.68. The van der Waals surface area contributed by atoms with Crippen LogP contribution in [0.4, 0.5) is 8.78 Å². The minimum atomic E-state index is -3.73. The van der Waals surface area contributed by atoms with Crippen LogP contribution >= 0.6 is 0 Å². The van der Waals surface area contributed by atoms with Crippen molar-refractivity contribution in [2.45, 2.75) is 56.3 Å². The molecular formula is C16H22F2O3S. The van der Waals surface area contributed by atoms with E-state index in [-0.39, 0.29) is 17.7 Å². The van der Waals surface area contributed by atoms with Crippen molar-refractivity contribution in [3.63, 3.8) is 0 Å². The van der Waals surface area contributed by atoms with E-state index in [0.29, 0.717) is 18.9 Å². The summed E-state index contributed by atoms with van der Waals surface area (Å²) in [6, 6.07) is 2.94. The minimum absolute atomic E-state index is 0.0247. The summed E-state index contributed by atoms with van der Waals surface area (Å²) in [5.74, 6) is -1.96. The number of hydrogen-bond donors (Lipinski definition) is 1. The molecule has 22 heavy (non-hydrogen) atoms. The Morgan fingerprint density at radius 1 is 1.23 bits per heavy atom. The van der Waals surface area contributed by atoms with Gasteiger partial charge in [0.2, 0.25) is 0 Å². The first-order valence-electron chi connectivity index (χ1n) is 7.66. The topological polar surface area (TPSA) is 54.4 Å². The Hall–Kier alpha value is -1.01. The van der Waals surface area contributed by atoms with Crippen LogP contribution in [0.3, 0.4) is 0 Å². The lowest BCUT2D eigenvalue weighted by atomic mass is 9.86. The quantitative estimate of drug-likeness (QED) is 0.897. The van der Waals surface area contributed by atoms with Gasteiger partial charge in [-0.3, -0.25) is 0 Å². The summed E-state index contributed by atoms with van der Waals surface area (Å²) in [6.45, 7) is 1.65. The van der Waals surface area contributed by atoms with Crippen LogP contribution in [0.2, 0.25) is 0 Å². The van der Waals surface area contributed by atoms with Crippen molar-refractivity contribution < 1.29 is 22.3 Å². The fourth-order valence-corrected chi connectivity index (χ4v) is 5.58. The van der Waals surface area contributed by atoms with E-state index in [1.165, 1.54) is 6.07 Å². The average Bonchev–Trinajstić information content (AvgIpc) is 2.41. The zero-order valence-electron chi connectivity index (χ0n) is 12.7. The van der Waals surface area contributed by atoms with Gasteiger partial charge in [0.1, 0.15) is 11.6 Å². The number of halogens is 2. The van der Waals surface area contributed by atoms with E-state index in [2.05, 4.69) is 0 Å². The first-order chi connectivity index (χ1) is 10.3. The zero-order valence-corrected chi connectivity index (χ0v) is 13.5. The molecule has 0 aliphatic heterocycles. The lowest BCUT2D eigenvalue weighted by Gasteiger charge is -2.33. The average molecular weight is 332 g/mol. The van der Waals surface area contributed by atoms with Crippen molar-refractivity contribution in [3.8, 4) is 0 Å². The maximum Gasteiger partial charge on any atom is 0.160 e. The molecule has 1 aliphatic carbocycles. The minimum Gasteiger partial charge on any atom is -0.389 e. The molecule has 1 fully saturated rings. The molecule has 3 nitrogen and oxygen atoms in total. The van der Waals surface area contributed by atoms with Gasteiger partial charge in [0, 0.05) is 11.6 Å². The van der Waals surface area contributed by atoms with E-state index in [9.17, 15) is 22.3 Å². The first-order valence-corrected chi connectivity index (χ1v) is 9.38. The molecule has 1 N–H and O–H groups in total. The Morgan fingerprint density at radius 3 is 2.41 bits per heavy atom. The van der Waals surface area contributed by atoms with Crippen molar-refractivity contribution in [2.75, 3.05) is 5.75 Å². The second-order valence-corrected chi connectivity index (χ2v) is 8.34. The highest BCUT2D eigenvalue weighted by Gasteiger charge is 2.38. The smallest absolute Gasteiger partial charge is 0.160 e. The van der Waals surface area contributed by atoms with E-state index >= 15 is 0 Å². The van der Waals surface area contributed by atoms with Gasteiger partial charge < -0.3 is 5.11 Å². The highest BCUT2D eigenvalue weighted by Crippen LogP contribution is 2.35. The van der Waals surface area contributed by atoms with E-state index in [1.807, 2.05) is 0 Å². The van der Waals surface area contributed by atoms with Crippen LogP contribution in [0.5, 0.6) is 0 Å². The standard InChI is InChI=1S/C16H22F2O3S/c1-2-15(13-7-6-12(17)10-14(13)18)22(20,21)11-16(19)8-4-3-5-9-16/h6-7,10,15,19H,2-5,8-9,11H2,1H3. The lowest BCUT2D eigenvalue weighted by Crippen LogP contribution is -2.40. The Kier molecular flexibility index (Phi) is 5.22. The fourth-order valence-electron chi connectivity index (χ4n) is 3.26. The van der Waals surface area contributed by atoms with Crippen molar-refractivity contribution in [1.82, 2.24) is 0 Å². The summed E-state index contributed by atoms with van der Waals surface area (Å²) in [5.41, 5.74) is -1.25. The maximum atomic E-state index is 13.9. The number of rotatable bonds is 5. The number of sulfone groups is 1. The molecule has 0 bridgehead atoms. The van der Waals surface area contributed by atoms with Crippen LogP contribution in [0.25, 0.3) is 0 Å². The van der Waals surface area contributed by atoms with E-state index < -0.39 is 32.3 Å². The zero-order chi connectivity index (χ0) is 16.4. The monoisotopic (exact) mass is 332 g/mol. The van der Waals surface area contributed by atoms with Crippen molar-refractivity contribution >= 4 is 9.84 Å². The number of hydrogen-bond acceptors (Lipinski definition) is 3. The van der Waals surface area contributed by atoms with Crippen molar-refractivity contribution in [3.05, 3.63) is 35.4 Å². The molecule has 2 rings (SSSR count). The van der Waals surface area contributed by atoms with Gasteiger partial charge in [-0.25, -0.2) is 17.2 Å². The highest BCUT2D eigenvalue weighted by atomic mass is 32.2. The van der Waals surface area contributed by atoms with Gasteiger partial charge in [-0.1, -0.05) is 32.3 Å². The van der Waals surface area contributed by atoms with Crippen LogP contribution in [0.15, 0.2) is 18.2 Å². The van der Waals surface area contributed by atoms with Crippen LogP contribution in [0, 0.1) is 11.6 Å². The Balaban J connectivity index is 2.28. The maximum absolute atomic E-state index is 13.9. The normalized spacial score (nSPS) is 19.8. The number of aliphatic hydroxyl groups is 1.